The summed E-state index contributed by atoms with van der Waals surface area (Å²) < 4.78 is 0.833. The molecule has 0 atom stereocenters. The normalized spacial score (nSPS) is 10.7. The SMILES string of the molecule is CCCc1nc(CCc2ccccc2)nc(Cl)c1Br. The van der Waals surface area contributed by atoms with E-state index in [-0.39, 0.29) is 0 Å². The van der Waals surface area contributed by atoms with Crippen LogP contribution in [0.4, 0.5) is 0 Å². The molecule has 0 spiro atoms. The van der Waals surface area contributed by atoms with Gasteiger partial charge in [-0.3, -0.25) is 0 Å². The third-order valence-corrected chi connectivity index (χ3v) is 4.23. The van der Waals surface area contributed by atoms with Gasteiger partial charge in [-0.25, -0.2) is 9.97 Å². The summed E-state index contributed by atoms with van der Waals surface area (Å²) in [6.07, 6.45) is 3.71. The molecular formula is C15H16BrClN2. The highest BCUT2D eigenvalue weighted by Crippen LogP contribution is 2.24. The lowest BCUT2D eigenvalue weighted by Gasteiger charge is -2.07. The molecule has 0 fully saturated rings. The van der Waals surface area contributed by atoms with Crippen LogP contribution in [-0.2, 0) is 19.3 Å². The summed E-state index contributed by atoms with van der Waals surface area (Å²) in [6, 6.07) is 10.4. The van der Waals surface area contributed by atoms with Gasteiger partial charge in [0.25, 0.3) is 0 Å². The Labute approximate surface area is 127 Å². The molecule has 0 bridgehead atoms. The Morgan fingerprint density at radius 3 is 2.47 bits per heavy atom. The summed E-state index contributed by atoms with van der Waals surface area (Å²) in [5.41, 5.74) is 2.30. The Hall–Kier alpha value is -0.930. The number of hydrogen-bond donors (Lipinski definition) is 0. The van der Waals surface area contributed by atoms with Gasteiger partial charge in [0.15, 0.2) is 0 Å². The summed E-state index contributed by atoms with van der Waals surface area (Å²) >= 11 is 9.59. The molecule has 0 N–H and O–H groups in total. The third-order valence-electron chi connectivity index (χ3n) is 2.89. The van der Waals surface area contributed by atoms with E-state index in [4.69, 9.17) is 11.6 Å². The highest BCUT2D eigenvalue weighted by atomic mass is 79.9. The van der Waals surface area contributed by atoms with Gasteiger partial charge in [-0.2, -0.15) is 0 Å². The second kappa shape index (κ2) is 7.01. The van der Waals surface area contributed by atoms with Crippen LogP contribution < -0.4 is 0 Å². The number of benzene rings is 1. The standard InChI is InChI=1S/C15H16BrClN2/c1-2-6-12-14(16)15(17)19-13(18-12)10-9-11-7-4-3-5-8-11/h3-5,7-8H,2,6,9-10H2,1H3. The van der Waals surface area contributed by atoms with Gasteiger partial charge < -0.3 is 0 Å². The van der Waals surface area contributed by atoms with Crippen molar-refractivity contribution in [1.82, 2.24) is 9.97 Å². The maximum Gasteiger partial charge on any atom is 0.147 e. The summed E-state index contributed by atoms with van der Waals surface area (Å²) in [5.74, 6) is 0.820. The second-order valence-corrected chi connectivity index (χ2v) is 5.58. The summed E-state index contributed by atoms with van der Waals surface area (Å²) in [4.78, 5) is 8.93. The summed E-state index contributed by atoms with van der Waals surface area (Å²) in [5, 5.41) is 0.515. The molecule has 4 heteroatoms. The molecule has 0 saturated heterocycles. The predicted molar refractivity (Wildman–Crippen MR) is 82.6 cm³/mol. The Balaban J connectivity index is 2.12. The first-order chi connectivity index (χ1) is 9.20. The van der Waals surface area contributed by atoms with E-state index in [1.165, 1.54) is 5.56 Å². The van der Waals surface area contributed by atoms with Gasteiger partial charge in [-0.05, 0) is 34.3 Å². The molecule has 1 aromatic carbocycles. The minimum Gasteiger partial charge on any atom is -0.237 e. The Kier molecular flexibility index (Phi) is 5.34. The number of halogens is 2. The van der Waals surface area contributed by atoms with Crippen molar-refractivity contribution in [2.45, 2.75) is 32.6 Å². The molecule has 2 rings (SSSR count). The molecule has 0 radical (unpaired) electrons. The molecule has 100 valence electrons. The van der Waals surface area contributed by atoms with Crippen molar-refractivity contribution < 1.29 is 0 Å². The fourth-order valence-corrected chi connectivity index (χ4v) is 2.51. The van der Waals surface area contributed by atoms with Crippen LogP contribution in [0.3, 0.4) is 0 Å². The molecule has 0 unspecified atom stereocenters. The average Bonchev–Trinajstić information content (AvgIpc) is 2.43. The number of rotatable bonds is 5. The van der Waals surface area contributed by atoms with Crippen molar-refractivity contribution in [2.24, 2.45) is 0 Å². The first-order valence-corrected chi connectivity index (χ1v) is 7.62. The van der Waals surface area contributed by atoms with Crippen LogP contribution in [0.5, 0.6) is 0 Å². The molecule has 0 saturated carbocycles. The first-order valence-electron chi connectivity index (χ1n) is 6.45. The Morgan fingerprint density at radius 1 is 1.05 bits per heavy atom. The summed E-state index contributed by atoms with van der Waals surface area (Å²) in [6.45, 7) is 2.13. The highest BCUT2D eigenvalue weighted by Gasteiger charge is 2.10. The largest absolute Gasteiger partial charge is 0.237 e. The number of nitrogens with zero attached hydrogens (tertiary/aromatic N) is 2. The van der Waals surface area contributed by atoms with E-state index in [1.54, 1.807) is 0 Å². The molecule has 0 aliphatic rings. The molecule has 0 aliphatic heterocycles. The zero-order valence-electron chi connectivity index (χ0n) is 10.9. The maximum absolute atomic E-state index is 6.14. The minimum absolute atomic E-state index is 0.515. The van der Waals surface area contributed by atoms with Gasteiger partial charge in [0, 0.05) is 6.42 Å². The van der Waals surface area contributed by atoms with E-state index in [1.807, 2.05) is 18.2 Å². The monoisotopic (exact) mass is 338 g/mol. The van der Waals surface area contributed by atoms with Gasteiger partial charge in [-0.15, -0.1) is 0 Å². The maximum atomic E-state index is 6.14. The second-order valence-electron chi connectivity index (χ2n) is 4.43. The van der Waals surface area contributed by atoms with Crippen LogP contribution in [0, 0.1) is 0 Å². The van der Waals surface area contributed by atoms with E-state index < -0.39 is 0 Å². The third kappa shape index (κ3) is 4.02. The van der Waals surface area contributed by atoms with E-state index in [0.717, 1.165) is 41.7 Å². The van der Waals surface area contributed by atoms with Crippen LogP contribution in [0.2, 0.25) is 5.15 Å². The lowest BCUT2D eigenvalue weighted by atomic mass is 10.1. The molecule has 19 heavy (non-hydrogen) atoms. The van der Waals surface area contributed by atoms with Crippen LogP contribution in [0.25, 0.3) is 0 Å². The molecule has 1 aromatic heterocycles. The predicted octanol–water partition coefficient (Wildman–Crippen LogP) is 4.63. The van der Waals surface area contributed by atoms with Crippen LogP contribution in [0.15, 0.2) is 34.8 Å². The summed E-state index contributed by atoms with van der Waals surface area (Å²) in [7, 11) is 0. The zero-order valence-corrected chi connectivity index (χ0v) is 13.2. The van der Waals surface area contributed by atoms with Crippen LogP contribution >= 0.6 is 27.5 Å². The van der Waals surface area contributed by atoms with Crippen molar-refractivity contribution in [2.75, 3.05) is 0 Å². The van der Waals surface area contributed by atoms with Crippen LogP contribution in [-0.4, -0.2) is 9.97 Å². The van der Waals surface area contributed by atoms with Gasteiger partial charge in [-0.1, -0.05) is 55.3 Å². The van der Waals surface area contributed by atoms with Gasteiger partial charge in [0.05, 0.1) is 10.2 Å². The Morgan fingerprint density at radius 2 is 1.79 bits per heavy atom. The lowest BCUT2D eigenvalue weighted by Crippen LogP contribution is -2.03. The van der Waals surface area contributed by atoms with Gasteiger partial charge >= 0.3 is 0 Å². The first kappa shape index (κ1) is 14.5. The molecule has 2 aromatic rings. The van der Waals surface area contributed by atoms with Crippen molar-refractivity contribution in [3.8, 4) is 0 Å². The fraction of sp³-hybridized carbons (Fsp3) is 0.333. The van der Waals surface area contributed by atoms with E-state index in [0.29, 0.717) is 5.15 Å². The molecule has 0 amide bonds. The Bertz CT molecular complexity index is 543. The van der Waals surface area contributed by atoms with Crippen LogP contribution in [0.1, 0.15) is 30.4 Å². The highest BCUT2D eigenvalue weighted by molar-refractivity contribution is 9.10. The number of aromatic nitrogens is 2. The molecular weight excluding hydrogens is 324 g/mol. The molecule has 0 aliphatic carbocycles. The van der Waals surface area contributed by atoms with Crippen molar-refractivity contribution >= 4 is 27.5 Å². The van der Waals surface area contributed by atoms with E-state index in [9.17, 15) is 0 Å². The van der Waals surface area contributed by atoms with Gasteiger partial charge in [0.1, 0.15) is 11.0 Å². The van der Waals surface area contributed by atoms with Crippen molar-refractivity contribution in [3.63, 3.8) is 0 Å². The zero-order chi connectivity index (χ0) is 13.7. The van der Waals surface area contributed by atoms with E-state index in [2.05, 4.69) is 45.0 Å². The molecule has 1 heterocycles. The lowest BCUT2D eigenvalue weighted by molar-refractivity contribution is 0.800. The fourth-order valence-electron chi connectivity index (χ4n) is 1.93. The minimum atomic E-state index is 0.515. The quantitative estimate of drug-likeness (QED) is 0.742. The average molecular weight is 340 g/mol. The number of aryl methyl sites for hydroxylation is 3. The number of hydrogen-bond acceptors (Lipinski definition) is 2. The van der Waals surface area contributed by atoms with Crippen molar-refractivity contribution in [3.05, 3.63) is 57.0 Å². The smallest absolute Gasteiger partial charge is 0.147 e. The van der Waals surface area contributed by atoms with E-state index >= 15 is 0 Å². The van der Waals surface area contributed by atoms with Gasteiger partial charge in [0.2, 0.25) is 0 Å². The molecule has 2 nitrogen and oxygen atoms in total. The topological polar surface area (TPSA) is 25.8 Å². The van der Waals surface area contributed by atoms with Crippen molar-refractivity contribution in [1.29, 1.82) is 0 Å².